The molecule has 1 N–H and O–H groups in total. The first-order valence-electron chi connectivity index (χ1n) is 9.93. The number of benzene rings is 1. The topological polar surface area (TPSA) is 68.9 Å². The standard InChI is InChI=1S/C23H28N4O2/c1-6-20(18-13-24-26(5)14-18)25-22(28)21-16(4)10-11-27(23(21)29)19-9-7-8-17(12-19)15(2)3/h7-15,20H,6H2,1-5H3,(H,25,28). The summed E-state index contributed by atoms with van der Waals surface area (Å²) in [6, 6.07) is 9.46. The fraction of sp³-hybridized carbons (Fsp3) is 0.348. The van der Waals surface area contributed by atoms with Gasteiger partial charge in [-0.3, -0.25) is 18.8 Å². The van der Waals surface area contributed by atoms with Crippen molar-refractivity contribution in [1.82, 2.24) is 19.7 Å². The Bertz CT molecular complexity index is 1080. The summed E-state index contributed by atoms with van der Waals surface area (Å²) in [6.07, 6.45) is 6.05. The minimum Gasteiger partial charge on any atom is -0.345 e. The van der Waals surface area contributed by atoms with E-state index in [4.69, 9.17) is 0 Å². The molecule has 0 saturated carbocycles. The van der Waals surface area contributed by atoms with Crippen molar-refractivity contribution in [3.63, 3.8) is 0 Å². The Morgan fingerprint density at radius 3 is 2.59 bits per heavy atom. The molecule has 1 aromatic carbocycles. The molecule has 0 aliphatic heterocycles. The summed E-state index contributed by atoms with van der Waals surface area (Å²) in [5.74, 6) is -0.0127. The summed E-state index contributed by atoms with van der Waals surface area (Å²) < 4.78 is 3.24. The minimum atomic E-state index is -0.363. The van der Waals surface area contributed by atoms with Crippen LogP contribution in [0.4, 0.5) is 0 Å². The lowest BCUT2D eigenvalue weighted by Crippen LogP contribution is -2.35. The second-order valence-electron chi connectivity index (χ2n) is 7.68. The number of pyridine rings is 1. The number of nitrogens with zero attached hydrogens (tertiary/aromatic N) is 3. The molecule has 6 nitrogen and oxygen atoms in total. The van der Waals surface area contributed by atoms with Gasteiger partial charge in [0, 0.05) is 30.7 Å². The van der Waals surface area contributed by atoms with Gasteiger partial charge in [0.2, 0.25) is 0 Å². The summed E-state index contributed by atoms with van der Waals surface area (Å²) in [5.41, 5.74) is 3.33. The van der Waals surface area contributed by atoms with E-state index in [1.165, 1.54) is 0 Å². The van der Waals surface area contributed by atoms with Crippen LogP contribution in [0.15, 0.2) is 53.7 Å². The zero-order valence-electron chi connectivity index (χ0n) is 17.6. The van der Waals surface area contributed by atoms with Crippen LogP contribution in [0, 0.1) is 6.92 Å². The van der Waals surface area contributed by atoms with Crippen LogP contribution in [0.1, 0.15) is 66.2 Å². The Hall–Kier alpha value is -3.15. The Balaban J connectivity index is 1.97. The summed E-state index contributed by atoms with van der Waals surface area (Å²) in [4.78, 5) is 26.3. The van der Waals surface area contributed by atoms with Crippen molar-refractivity contribution in [2.24, 2.45) is 7.05 Å². The molecule has 2 heterocycles. The number of aryl methyl sites for hydroxylation is 2. The molecule has 0 fully saturated rings. The van der Waals surface area contributed by atoms with E-state index in [0.29, 0.717) is 17.9 Å². The van der Waals surface area contributed by atoms with E-state index in [0.717, 1.165) is 16.8 Å². The molecule has 3 aromatic rings. The molecule has 1 unspecified atom stereocenters. The van der Waals surface area contributed by atoms with Crippen molar-refractivity contribution < 1.29 is 4.79 Å². The minimum absolute atomic E-state index is 0.171. The molecule has 0 saturated heterocycles. The molecule has 0 spiro atoms. The average molecular weight is 393 g/mol. The van der Waals surface area contributed by atoms with Crippen LogP contribution in [-0.2, 0) is 7.05 Å². The Kier molecular flexibility index (Phi) is 6.01. The number of hydrogen-bond donors (Lipinski definition) is 1. The Morgan fingerprint density at radius 2 is 1.97 bits per heavy atom. The zero-order valence-corrected chi connectivity index (χ0v) is 17.6. The second-order valence-corrected chi connectivity index (χ2v) is 7.68. The molecule has 1 amide bonds. The lowest BCUT2D eigenvalue weighted by Gasteiger charge is -2.17. The number of amides is 1. The van der Waals surface area contributed by atoms with E-state index in [9.17, 15) is 9.59 Å². The Labute approximate surface area is 171 Å². The number of aromatic nitrogens is 3. The van der Waals surface area contributed by atoms with Crippen molar-refractivity contribution in [1.29, 1.82) is 0 Å². The third kappa shape index (κ3) is 4.31. The maximum atomic E-state index is 13.2. The van der Waals surface area contributed by atoms with E-state index in [2.05, 4.69) is 24.3 Å². The number of hydrogen-bond acceptors (Lipinski definition) is 3. The van der Waals surface area contributed by atoms with Gasteiger partial charge in [0.05, 0.1) is 12.2 Å². The van der Waals surface area contributed by atoms with Crippen LogP contribution in [-0.4, -0.2) is 20.3 Å². The van der Waals surface area contributed by atoms with E-state index in [-0.39, 0.29) is 23.1 Å². The third-order valence-electron chi connectivity index (χ3n) is 5.18. The van der Waals surface area contributed by atoms with Gasteiger partial charge < -0.3 is 5.32 Å². The second kappa shape index (κ2) is 8.47. The maximum Gasteiger partial charge on any atom is 0.268 e. The third-order valence-corrected chi connectivity index (χ3v) is 5.18. The van der Waals surface area contributed by atoms with Crippen molar-refractivity contribution in [3.8, 4) is 5.69 Å². The molecular formula is C23H28N4O2. The normalized spacial score (nSPS) is 12.2. The first-order valence-corrected chi connectivity index (χ1v) is 9.93. The number of carbonyl (C=O) groups excluding carboxylic acids is 1. The van der Waals surface area contributed by atoms with Crippen molar-refractivity contribution >= 4 is 5.91 Å². The van der Waals surface area contributed by atoms with Gasteiger partial charge in [-0.25, -0.2) is 0 Å². The molecule has 0 aliphatic carbocycles. The van der Waals surface area contributed by atoms with Crippen LogP contribution >= 0.6 is 0 Å². The highest BCUT2D eigenvalue weighted by Crippen LogP contribution is 2.19. The van der Waals surface area contributed by atoms with Gasteiger partial charge in [-0.1, -0.05) is 32.9 Å². The van der Waals surface area contributed by atoms with E-state index < -0.39 is 0 Å². The lowest BCUT2D eigenvalue weighted by atomic mass is 10.0. The van der Waals surface area contributed by atoms with E-state index in [1.807, 2.05) is 50.5 Å². The summed E-state index contributed by atoms with van der Waals surface area (Å²) in [7, 11) is 1.84. The molecule has 6 heteroatoms. The highest BCUT2D eigenvalue weighted by Gasteiger charge is 2.21. The zero-order chi connectivity index (χ0) is 21.1. The molecule has 29 heavy (non-hydrogen) atoms. The van der Waals surface area contributed by atoms with Crippen molar-refractivity contribution in [3.05, 3.63) is 81.5 Å². The number of carbonyl (C=O) groups is 1. The molecule has 0 bridgehead atoms. The fourth-order valence-corrected chi connectivity index (χ4v) is 3.41. The summed E-state index contributed by atoms with van der Waals surface area (Å²) in [5, 5.41) is 7.17. The predicted octanol–water partition coefficient (Wildman–Crippen LogP) is 3.88. The van der Waals surface area contributed by atoms with Crippen LogP contribution in [0.25, 0.3) is 5.69 Å². The average Bonchev–Trinajstić information content (AvgIpc) is 3.12. The van der Waals surface area contributed by atoms with Crippen LogP contribution in [0.5, 0.6) is 0 Å². The Morgan fingerprint density at radius 1 is 1.21 bits per heavy atom. The van der Waals surface area contributed by atoms with Crippen molar-refractivity contribution in [2.45, 2.75) is 46.1 Å². The fourth-order valence-electron chi connectivity index (χ4n) is 3.41. The largest absolute Gasteiger partial charge is 0.345 e. The highest BCUT2D eigenvalue weighted by molar-refractivity contribution is 5.95. The van der Waals surface area contributed by atoms with Gasteiger partial charge in [-0.15, -0.1) is 0 Å². The van der Waals surface area contributed by atoms with E-state index in [1.54, 1.807) is 28.6 Å². The first-order chi connectivity index (χ1) is 13.8. The molecular weight excluding hydrogens is 364 g/mol. The molecule has 2 aromatic heterocycles. The molecule has 1 atom stereocenters. The van der Waals surface area contributed by atoms with Gasteiger partial charge in [0.15, 0.2) is 0 Å². The van der Waals surface area contributed by atoms with Crippen LogP contribution in [0.2, 0.25) is 0 Å². The van der Waals surface area contributed by atoms with Gasteiger partial charge >= 0.3 is 0 Å². The quantitative estimate of drug-likeness (QED) is 0.692. The monoisotopic (exact) mass is 392 g/mol. The smallest absolute Gasteiger partial charge is 0.268 e. The molecule has 0 aliphatic rings. The van der Waals surface area contributed by atoms with Crippen LogP contribution < -0.4 is 10.9 Å². The lowest BCUT2D eigenvalue weighted by molar-refractivity contribution is 0.0933. The van der Waals surface area contributed by atoms with E-state index >= 15 is 0 Å². The molecule has 0 radical (unpaired) electrons. The summed E-state index contributed by atoms with van der Waals surface area (Å²) in [6.45, 7) is 8.00. The molecule has 3 rings (SSSR count). The SMILES string of the molecule is CCC(NC(=O)c1c(C)ccn(-c2cccc(C(C)C)c2)c1=O)c1cnn(C)c1. The van der Waals surface area contributed by atoms with Gasteiger partial charge in [0.1, 0.15) is 5.56 Å². The van der Waals surface area contributed by atoms with Gasteiger partial charge in [-0.05, 0) is 48.6 Å². The van der Waals surface area contributed by atoms with Gasteiger partial charge in [-0.2, -0.15) is 5.10 Å². The highest BCUT2D eigenvalue weighted by atomic mass is 16.2. The number of nitrogens with one attached hydrogen (secondary N) is 1. The predicted molar refractivity (Wildman–Crippen MR) is 115 cm³/mol. The molecule has 152 valence electrons. The number of rotatable bonds is 6. The summed E-state index contributed by atoms with van der Waals surface area (Å²) >= 11 is 0. The van der Waals surface area contributed by atoms with Crippen molar-refractivity contribution in [2.75, 3.05) is 0 Å². The van der Waals surface area contributed by atoms with Crippen LogP contribution in [0.3, 0.4) is 0 Å². The van der Waals surface area contributed by atoms with Gasteiger partial charge in [0.25, 0.3) is 11.5 Å². The first kappa shape index (κ1) is 20.6. The maximum absolute atomic E-state index is 13.2.